The Labute approximate surface area is 134 Å². The summed E-state index contributed by atoms with van der Waals surface area (Å²) in [5.74, 6) is -0.612. The van der Waals surface area contributed by atoms with E-state index in [-0.39, 0.29) is 18.1 Å². The van der Waals surface area contributed by atoms with Crippen LogP contribution in [0, 0.1) is 6.92 Å². The SMILES string of the molecule is COc1c(C)c2c(c(O)c1C/C=C(\C)CCC(=O)O)C(=O)NC2. The van der Waals surface area contributed by atoms with Crippen LogP contribution in [0.4, 0.5) is 0 Å². The van der Waals surface area contributed by atoms with Crippen molar-refractivity contribution in [1.29, 1.82) is 0 Å². The molecule has 124 valence electrons. The minimum absolute atomic E-state index is 0.0558. The normalized spacial score (nSPS) is 13.7. The van der Waals surface area contributed by atoms with Crippen LogP contribution < -0.4 is 10.1 Å². The summed E-state index contributed by atoms with van der Waals surface area (Å²) in [5.41, 5.74) is 3.38. The Hall–Kier alpha value is -2.50. The van der Waals surface area contributed by atoms with Gasteiger partial charge in [-0.3, -0.25) is 9.59 Å². The molecule has 0 fully saturated rings. The average Bonchev–Trinajstić information content (AvgIpc) is 2.89. The zero-order chi connectivity index (χ0) is 17.1. The van der Waals surface area contributed by atoms with E-state index in [0.717, 1.165) is 16.7 Å². The van der Waals surface area contributed by atoms with Gasteiger partial charge in [-0.25, -0.2) is 0 Å². The predicted molar refractivity (Wildman–Crippen MR) is 84.9 cm³/mol. The van der Waals surface area contributed by atoms with Gasteiger partial charge in [-0.15, -0.1) is 0 Å². The van der Waals surface area contributed by atoms with Gasteiger partial charge in [0.2, 0.25) is 0 Å². The van der Waals surface area contributed by atoms with E-state index in [1.807, 2.05) is 19.9 Å². The Morgan fingerprint density at radius 2 is 2.09 bits per heavy atom. The highest BCUT2D eigenvalue weighted by molar-refractivity contribution is 6.02. The molecule has 1 heterocycles. The van der Waals surface area contributed by atoms with Gasteiger partial charge in [0, 0.05) is 18.5 Å². The fourth-order valence-electron chi connectivity index (χ4n) is 2.82. The van der Waals surface area contributed by atoms with Gasteiger partial charge >= 0.3 is 5.97 Å². The summed E-state index contributed by atoms with van der Waals surface area (Å²) in [5, 5.41) is 21.9. The number of hydrogen-bond donors (Lipinski definition) is 3. The van der Waals surface area contributed by atoms with Crippen LogP contribution >= 0.6 is 0 Å². The molecule has 1 aromatic carbocycles. The number of carbonyl (C=O) groups is 2. The minimum atomic E-state index is -0.844. The standard InChI is InChI=1S/C17H21NO5/c1-9(5-7-13(19)20)4-6-11-15(21)14-12(8-18-17(14)22)10(2)16(11)23-3/h4,21H,5-8H2,1-3H3,(H,18,22)(H,19,20)/b9-4+. The Morgan fingerprint density at radius 1 is 1.39 bits per heavy atom. The third-order valence-corrected chi connectivity index (χ3v) is 4.14. The van der Waals surface area contributed by atoms with Crippen LogP contribution in [0.2, 0.25) is 0 Å². The van der Waals surface area contributed by atoms with Gasteiger partial charge in [-0.1, -0.05) is 11.6 Å². The zero-order valence-electron chi connectivity index (χ0n) is 13.5. The largest absolute Gasteiger partial charge is 0.507 e. The molecule has 0 saturated heterocycles. The van der Waals surface area contributed by atoms with E-state index in [1.165, 1.54) is 7.11 Å². The Kier molecular flexibility index (Phi) is 4.93. The summed E-state index contributed by atoms with van der Waals surface area (Å²) in [4.78, 5) is 22.5. The fraction of sp³-hybridized carbons (Fsp3) is 0.412. The number of carbonyl (C=O) groups excluding carboxylic acids is 1. The molecule has 6 nitrogen and oxygen atoms in total. The maximum absolute atomic E-state index is 11.9. The number of carboxylic acids is 1. The third-order valence-electron chi connectivity index (χ3n) is 4.14. The highest BCUT2D eigenvalue weighted by atomic mass is 16.5. The second-order valence-corrected chi connectivity index (χ2v) is 5.67. The monoisotopic (exact) mass is 319 g/mol. The second kappa shape index (κ2) is 6.73. The molecule has 1 aromatic rings. The molecule has 0 bridgehead atoms. The quantitative estimate of drug-likeness (QED) is 0.699. The van der Waals surface area contributed by atoms with Gasteiger partial charge < -0.3 is 20.3 Å². The number of amides is 1. The number of methoxy groups -OCH3 is 1. The Balaban J connectivity index is 2.37. The molecule has 0 radical (unpaired) electrons. The number of carboxylic acid groups (broad SMARTS) is 1. The lowest BCUT2D eigenvalue weighted by molar-refractivity contribution is -0.136. The van der Waals surface area contributed by atoms with Gasteiger partial charge in [0.15, 0.2) is 0 Å². The van der Waals surface area contributed by atoms with Crippen LogP contribution in [0.1, 0.15) is 46.8 Å². The van der Waals surface area contributed by atoms with E-state index in [2.05, 4.69) is 5.32 Å². The van der Waals surface area contributed by atoms with Crippen LogP contribution in [0.15, 0.2) is 11.6 Å². The van der Waals surface area contributed by atoms with Crippen LogP contribution in [0.5, 0.6) is 11.5 Å². The number of nitrogens with one attached hydrogen (secondary N) is 1. The summed E-state index contributed by atoms with van der Waals surface area (Å²) < 4.78 is 5.43. The van der Waals surface area contributed by atoms with Crippen molar-refractivity contribution in [1.82, 2.24) is 5.32 Å². The summed E-state index contributed by atoms with van der Waals surface area (Å²) in [6.07, 6.45) is 2.75. The molecule has 3 N–H and O–H groups in total. The van der Waals surface area contributed by atoms with Crippen molar-refractivity contribution in [3.63, 3.8) is 0 Å². The molecule has 6 heteroatoms. The number of phenols is 1. The topological polar surface area (TPSA) is 95.9 Å². The number of aliphatic carboxylic acids is 1. The van der Waals surface area contributed by atoms with Crippen molar-refractivity contribution in [2.45, 2.75) is 39.7 Å². The highest BCUT2D eigenvalue weighted by Crippen LogP contribution is 2.40. The molecular formula is C17H21NO5. The summed E-state index contributed by atoms with van der Waals surface area (Å²) in [7, 11) is 1.53. The molecular weight excluding hydrogens is 298 g/mol. The van der Waals surface area contributed by atoms with Gasteiger partial charge in [0.05, 0.1) is 12.7 Å². The van der Waals surface area contributed by atoms with E-state index in [1.54, 1.807) is 0 Å². The molecule has 1 aliphatic heterocycles. The maximum Gasteiger partial charge on any atom is 0.303 e. The molecule has 0 aromatic heterocycles. The van der Waals surface area contributed by atoms with Crippen LogP contribution in [-0.2, 0) is 17.8 Å². The molecule has 0 saturated carbocycles. The summed E-state index contributed by atoms with van der Waals surface area (Å²) >= 11 is 0. The first-order chi connectivity index (χ1) is 10.9. The van der Waals surface area contributed by atoms with E-state index < -0.39 is 5.97 Å². The second-order valence-electron chi connectivity index (χ2n) is 5.67. The van der Waals surface area contributed by atoms with E-state index in [9.17, 15) is 14.7 Å². The van der Waals surface area contributed by atoms with Crippen LogP contribution in [0.25, 0.3) is 0 Å². The number of allylic oxidation sites excluding steroid dienone is 2. The van der Waals surface area contributed by atoms with Crippen molar-refractivity contribution in [3.8, 4) is 11.5 Å². The van der Waals surface area contributed by atoms with Gasteiger partial charge in [-0.05, 0) is 37.8 Å². The molecule has 0 aliphatic carbocycles. The fourth-order valence-corrected chi connectivity index (χ4v) is 2.82. The smallest absolute Gasteiger partial charge is 0.303 e. The third kappa shape index (κ3) is 3.31. The molecule has 2 rings (SSSR count). The summed E-state index contributed by atoms with van der Waals surface area (Å²) in [6.45, 7) is 4.10. The van der Waals surface area contributed by atoms with Gasteiger partial charge in [-0.2, -0.15) is 0 Å². The van der Waals surface area contributed by atoms with E-state index in [0.29, 0.717) is 36.3 Å². The van der Waals surface area contributed by atoms with Gasteiger partial charge in [0.1, 0.15) is 11.5 Å². The lowest BCUT2D eigenvalue weighted by atomic mass is 9.94. The maximum atomic E-state index is 11.9. The lowest BCUT2D eigenvalue weighted by Gasteiger charge is -2.16. The number of rotatable bonds is 6. The molecule has 23 heavy (non-hydrogen) atoms. The first-order valence-electron chi connectivity index (χ1n) is 7.43. The number of ether oxygens (including phenoxy) is 1. The molecule has 1 amide bonds. The summed E-state index contributed by atoms with van der Waals surface area (Å²) in [6, 6.07) is 0. The molecule has 0 atom stereocenters. The van der Waals surface area contributed by atoms with Crippen molar-refractivity contribution in [3.05, 3.63) is 33.9 Å². The first-order valence-corrected chi connectivity index (χ1v) is 7.43. The molecule has 1 aliphatic rings. The molecule has 0 unspecified atom stereocenters. The lowest BCUT2D eigenvalue weighted by Crippen LogP contribution is -2.12. The predicted octanol–water partition coefficient (Wildman–Crippen LogP) is 2.31. The number of hydrogen-bond acceptors (Lipinski definition) is 4. The Morgan fingerprint density at radius 3 is 2.70 bits per heavy atom. The van der Waals surface area contributed by atoms with Gasteiger partial charge in [0.25, 0.3) is 5.91 Å². The highest BCUT2D eigenvalue weighted by Gasteiger charge is 2.29. The Bertz CT molecular complexity index is 691. The average molecular weight is 319 g/mol. The number of benzene rings is 1. The zero-order valence-corrected chi connectivity index (χ0v) is 13.5. The molecule has 0 spiro atoms. The minimum Gasteiger partial charge on any atom is -0.507 e. The van der Waals surface area contributed by atoms with E-state index >= 15 is 0 Å². The van der Waals surface area contributed by atoms with Crippen molar-refractivity contribution < 1.29 is 24.5 Å². The number of phenolic OH excluding ortho intramolecular Hbond substituents is 1. The van der Waals surface area contributed by atoms with Crippen molar-refractivity contribution >= 4 is 11.9 Å². The first kappa shape index (κ1) is 16.9. The number of aromatic hydroxyl groups is 1. The number of fused-ring (bicyclic) bond motifs is 1. The van der Waals surface area contributed by atoms with Crippen molar-refractivity contribution in [2.24, 2.45) is 0 Å². The van der Waals surface area contributed by atoms with Crippen LogP contribution in [0.3, 0.4) is 0 Å². The van der Waals surface area contributed by atoms with E-state index in [4.69, 9.17) is 9.84 Å². The van der Waals surface area contributed by atoms with Crippen LogP contribution in [-0.4, -0.2) is 29.2 Å². The van der Waals surface area contributed by atoms with Crippen molar-refractivity contribution in [2.75, 3.05) is 7.11 Å².